The minimum atomic E-state index is -1.14. The smallest absolute Gasteiger partial charge is 0.309 e. The summed E-state index contributed by atoms with van der Waals surface area (Å²) in [6.07, 6.45) is 1.11. The molecule has 0 aliphatic rings. The molecule has 1 aromatic carbocycles. The highest BCUT2D eigenvalue weighted by molar-refractivity contribution is 6.35. The van der Waals surface area contributed by atoms with Crippen LogP contribution < -0.4 is 15.4 Å². The van der Waals surface area contributed by atoms with Crippen molar-refractivity contribution in [3.63, 3.8) is 0 Å². The summed E-state index contributed by atoms with van der Waals surface area (Å²) in [5, 5.41) is 15.3. The highest BCUT2D eigenvalue weighted by Gasteiger charge is 2.23. The molecule has 0 saturated heterocycles. The van der Waals surface area contributed by atoms with Gasteiger partial charge >= 0.3 is 11.8 Å². The normalized spacial score (nSPS) is 13.1. The number of aliphatic hydroxyl groups is 1. The van der Waals surface area contributed by atoms with Crippen LogP contribution in [0.3, 0.4) is 0 Å². The molecule has 1 aromatic rings. The van der Waals surface area contributed by atoms with Crippen LogP contribution in [-0.4, -0.2) is 42.7 Å². The van der Waals surface area contributed by atoms with Gasteiger partial charge in [0.1, 0.15) is 5.75 Å². The number of carbonyl (C=O) groups is 2. The van der Waals surface area contributed by atoms with E-state index < -0.39 is 17.4 Å². The van der Waals surface area contributed by atoms with Crippen molar-refractivity contribution in [2.45, 2.75) is 32.3 Å². The zero-order valence-electron chi connectivity index (χ0n) is 13.3. The molecule has 0 spiro atoms. The molecule has 0 heterocycles. The number of hydrogen-bond acceptors (Lipinski definition) is 4. The molecule has 1 rings (SSSR count). The third-order valence-electron chi connectivity index (χ3n) is 3.12. The van der Waals surface area contributed by atoms with Crippen LogP contribution in [-0.2, 0) is 16.0 Å². The van der Waals surface area contributed by atoms with Gasteiger partial charge in [0.05, 0.1) is 12.7 Å². The molecule has 1 unspecified atom stereocenters. The number of methoxy groups -OCH3 is 1. The van der Waals surface area contributed by atoms with Gasteiger partial charge in [0.2, 0.25) is 0 Å². The first kappa shape index (κ1) is 18.0. The lowest BCUT2D eigenvalue weighted by molar-refractivity contribution is -0.139. The van der Waals surface area contributed by atoms with Gasteiger partial charge < -0.3 is 20.5 Å². The third kappa shape index (κ3) is 6.13. The van der Waals surface area contributed by atoms with Gasteiger partial charge in [0, 0.05) is 19.5 Å². The monoisotopic (exact) mass is 308 g/mol. The SMILES string of the molecule is CCCNC(=O)C(=O)NCC(C)(O)Cc1ccc(OC)cc1. The van der Waals surface area contributed by atoms with Gasteiger partial charge in [0.25, 0.3) is 0 Å². The second-order valence-corrected chi connectivity index (χ2v) is 5.46. The Kier molecular flexibility index (Phi) is 6.85. The number of rotatable bonds is 7. The average Bonchev–Trinajstić information content (AvgIpc) is 2.50. The van der Waals surface area contributed by atoms with Gasteiger partial charge in [-0.2, -0.15) is 0 Å². The predicted molar refractivity (Wildman–Crippen MR) is 83.6 cm³/mol. The van der Waals surface area contributed by atoms with Crippen LogP contribution in [0.2, 0.25) is 0 Å². The van der Waals surface area contributed by atoms with E-state index in [4.69, 9.17) is 4.74 Å². The fourth-order valence-electron chi connectivity index (χ4n) is 1.92. The van der Waals surface area contributed by atoms with Gasteiger partial charge in [-0.25, -0.2) is 0 Å². The quantitative estimate of drug-likeness (QED) is 0.645. The van der Waals surface area contributed by atoms with E-state index in [2.05, 4.69) is 10.6 Å². The first-order chi connectivity index (χ1) is 10.4. The van der Waals surface area contributed by atoms with Crippen molar-refractivity contribution in [2.24, 2.45) is 0 Å². The lowest BCUT2D eigenvalue weighted by Gasteiger charge is -2.23. The molecule has 0 fully saturated rings. The molecule has 1 atom stereocenters. The van der Waals surface area contributed by atoms with Gasteiger partial charge in [-0.3, -0.25) is 9.59 Å². The Morgan fingerprint density at radius 2 is 1.77 bits per heavy atom. The maximum Gasteiger partial charge on any atom is 0.309 e. The Morgan fingerprint density at radius 1 is 1.18 bits per heavy atom. The molecule has 0 aromatic heterocycles. The fraction of sp³-hybridized carbons (Fsp3) is 0.500. The van der Waals surface area contributed by atoms with E-state index in [0.717, 1.165) is 17.7 Å². The second-order valence-electron chi connectivity index (χ2n) is 5.46. The zero-order chi connectivity index (χ0) is 16.6. The zero-order valence-corrected chi connectivity index (χ0v) is 13.3. The maximum atomic E-state index is 11.6. The van der Waals surface area contributed by atoms with Crippen molar-refractivity contribution in [3.8, 4) is 5.75 Å². The Bertz CT molecular complexity index is 497. The second kappa shape index (κ2) is 8.38. The van der Waals surface area contributed by atoms with Gasteiger partial charge in [-0.05, 0) is 31.0 Å². The van der Waals surface area contributed by atoms with E-state index in [0.29, 0.717) is 13.0 Å². The van der Waals surface area contributed by atoms with Crippen LogP contribution in [0, 0.1) is 0 Å². The van der Waals surface area contributed by atoms with E-state index in [1.54, 1.807) is 14.0 Å². The Labute approximate surface area is 130 Å². The molecular weight excluding hydrogens is 284 g/mol. The van der Waals surface area contributed by atoms with E-state index in [1.165, 1.54) is 0 Å². The first-order valence-electron chi connectivity index (χ1n) is 7.29. The molecule has 122 valence electrons. The standard InChI is InChI=1S/C16H24N2O4/c1-4-9-17-14(19)15(20)18-11-16(2,21)10-12-5-7-13(22-3)8-6-12/h5-8,21H,4,9-11H2,1-3H3,(H,17,19)(H,18,20). The first-order valence-corrected chi connectivity index (χ1v) is 7.29. The molecule has 22 heavy (non-hydrogen) atoms. The highest BCUT2D eigenvalue weighted by atomic mass is 16.5. The van der Waals surface area contributed by atoms with Crippen molar-refractivity contribution in [2.75, 3.05) is 20.2 Å². The van der Waals surface area contributed by atoms with Crippen molar-refractivity contribution in [3.05, 3.63) is 29.8 Å². The Hall–Kier alpha value is -2.08. The number of ether oxygens (including phenoxy) is 1. The van der Waals surface area contributed by atoms with E-state index >= 15 is 0 Å². The summed E-state index contributed by atoms with van der Waals surface area (Å²) in [4.78, 5) is 23.0. The van der Waals surface area contributed by atoms with Gasteiger partial charge in [0.15, 0.2) is 0 Å². The fourth-order valence-corrected chi connectivity index (χ4v) is 1.92. The average molecular weight is 308 g/mol. The van der Waals surface area contributed by atoms with E-state index in [9.17, 15) is 14.7 Å². The highest BCUT2D eigenvalue weighted by Crippen LogP contribution is 2.16. The van der Waals surface area contributed by atoms with E-state index in [1.807, 2.05) is 31.2 Å². The van der Waals surface area contributed by atoms with Crippen molar-refractivity contribution in [1.29, 1.82) is 0 Å². The van der Waals surface area contributed by atoms with Crippen molar-refractivity contribution < 1.29 is 19.4 Å². The Balaban J connectivity index is 2.48. The molecule has 0 bridgehead atoms. The summed E-state index contributed by atoms with van der Waals surface area (Å²) < 4.78 is 5.07. The molecule has 6 nitrogen and oxygen atoms in total. The summed E-state index contributed by atoms with van der Waals surface area (Å²) in [6, 6.07) is 7.32. The molecule has 3 N–H and O–H groups in total. The summed E-state index contributed by atoms with van der Waals surface area (Å²) in [5.74, 6) is -0.671. The summed E-state index contributed by atoms with van der Waals surface area (Å²) >= 11 is 0. The Morgan fingerprint density at radius 3 is 2.32 bits per heavy atom. The van der Waals surface area contributed by atoms with Crippen molar-refractivity contribution in [1.82, 2.24) is 10.6 Å². The molecule has 0 radical (unpaired) electrons. The summed E-state index contributed by atoms with van der Waals surface area (Å²) in [7, 11) is 1.59. The van der Waals surface area contributed by atoms with Crippen LogP contribution >= 0.6 is 0 Å². The molecular formula is C16H24N2O4. The molecule has 0 saturated carbocycles. The summed E-state index contributed by atoms with van der Waals surface area (Å²) in [5.41, 5.74) is -0.231. The number of nitrogens with one attached hydrogen (secondary N) is 2. The van der Waals surface area contributed by atoms with Crippen LogP contribution in [0.4, 0.5) is 0 Å². The molecule has 2 amide bonds. The summed E-state index contributed by atoms with van der Waals surface area (Å²) in [6.45, 7) is 3.96. The predicted octanol–water partition coefficient (Wildman–Crippen LogP) is 0.631. The van der Waals surface area contributed by atoms with Gasteiger partial charge in [-0.1, -0.05) is 19.1 Å². The number of benzene rings is 1. The lowest BCUT2D eigenvalue weighted by atomic mass is 9.96. The topological polar surface area (TPSA) is 87.7 Å². The van der Waals surface area contributed by atoms with Crippen LogP contribution in [0.1, 0.15) is 25.8 Å². The number of amides is 2. The van der Waals surface area contributed by atoms with Crippen molar-refractivity contribution >= 4 is 11.8 Å². The number of carbonyl (C=O) groups excluding carboxylic acids is 2. The maximum absolute atomic E-state index is 11.6. The minimum Gasteiger partial charge on any atom is -0.497 e. The van der Waals surface area contributed by atoms with Crippen LogP contribution in [0.5, 0.6) is 5.75 Å². The molecule has 6 heteroatoms. The van der Waals surface area contributed by atoms with Crippen LogP contribution in [0.25, 0.3) is 0 Å². The lowest BCUT2D eigenvalue weighted by Crippen LogP contribution is -2.47. The molecule has 0 aliphatic heterocycles. The molecule has 0 aliphatic carbocycles. The third-order valence-corrected chi connectivity index (χ3v) is 3.12. The largest absolute Gasteiger partial charge is 0.497 e. The van der Waals surface area contributed by atoms with E-state index in [-0.39, 0.29) is 6.54 Å². The number of hydrogen-bond donors (Lipinski definition) is 3. The minimum absolute atomic E-state index is 0.00257. The van der Waals surface area contributed by atoms with Gasteiger partial charge in [-0.15, -0.1) is 0 Å². The van der Waals surface area contributed by atoms with Crippen LogP contribution in [0.15, 0.2) is 24.3 Å².